The zero-order valence-electron chi connectivity index (χ0n) is 7.99. The van der Waals surface area contributed by atoms with Gasteiger partial charge in [0.2, 0.25) is 11.8 Å². The predicted molar refractivity (Wildman–Crippen MR) is 57.7 cm³/mol. The Hall–Kier alpha value is -1.42. The van der Waals surface area contributed by atoms with Crippen LogP contribution in [0, 0.1) is 0 Å². The van der Waals surface area contributed by atoms with Crippen molar-refractivity contribution in [1.29, 1.82) is 0 Å². The Morgan fingerprint density at radius 2 is 1.50 bits per heavy atom. The van der Waals surface area contributed by atoms with Crippen LogP contribution in [-0.4, -0.2) is 22.1 Å². The molecule has 1 aliphatic heterocycles. The van der Waals surface area contributed by atoms with E-state index in [2.05, 4.69) is 0 Å². The average Bonchev–Trinajstić information content (AvgIpc) is 2.49. The summed E-state index contributed by atoms with van der Waals surface area (Å²) in [7, 11) is 0.987. The van der Waals surface area contributed by atoms with Gasteiger partial charge in [0.05, 0.1) is 5.69 Å². The molecule has 3 nitrogen and oxygen atoms in total. The second-order valence-electron chi connectivity index (χ2n) is 3.46. The van der Waals surface area contributed by atoms with Gasteiger partial charge in [-0.05, 0) is 12.1 Å². The molecule has 0 aliphatic carbocycles. The maximum Gasteiger partial charge on any atom is 0.234 e. The van der Waals surface area contributed by atoms with E-state index in [0.717, 1.165) is 10.2 Å². The number of rotatable bonds is 1. The van der Waals surface area contributed by atoms with E-state index < -0.39 is 0 Å². The molecule has 1 fully saturated rings. The number of nitrogens with zero attached hydrogens (tertiary/aromatic N) is 1. The summed E-state index contributed by atoms with van der Waals surface area (Å²) in [5.41, 5.74) is 0.706. The molecule has 1 aromatic carbocycles. The van der Waals surface area contributed by atoms with Crippen LogP contribution < -0.4 is 10.1 Å². The summed E-state index contributed by atoms with van der Waals surface area (Å²) < 4.78 is 0. The standard InChI is InChI=1S/C10H11NO2Si/c12-9-5-6-10(13)11(9)7-1-3-8(14)4-2-7/h1-4H,5-6H2,14H3. The largest absolute Gasteiger partial charge is 0.274 e. The summed E-state index contributed by atoms with van der Waals surface area (Å²) in [4.78, 5) is 24.0. The van der Waals surface area contributed by atoms with Crippen LogP contribution in [0.15, 0.2) is 24.3 Å². The highest BCUT2D eigenvalue weighted by molar-refractivity contribution is 6.32. The van der Waals surface area contributed by atoms with Gasteiger partial charge in [0, 0.05) is 23.1 Å². The van der Waals surface area contributed by atoms with Crippen LogP contribution in [0.25, 0.3) is 0 Å². The van der Waals surface area contributed by atoms with Gasteiger partial charge in [-0.3, -0.25) is 14.5 Å². The van der Waals surface area contributed by atoms with Crippen molar-refractivity contribution in [3.05, 3.63) is 24.3 Å². The number of amides is 2. The van der Waals surface area contributed by atoms with E-state index in [4.69, 9.17) is 0 Å². The highest BCUT2D eigenvalue weighted by atomic mass is 28.1. The lowest BCUT2D eigenvalue weighted by Crippen LogP contribution is -2.28. The Morgan fingerprint density at radius 1 is 1.00 bits per heavy atom. The molecule has 2 amide bonds. The predicted octanol–water partition coefficient (Wildman–Crippen LogP) is -0.669. The lowest BCUT2D eigenvalue weighted by molar-refractivity contribution is -0.121. The fraction of sp³-hybridized carbons (Fsp3) is 0.200. The number of hydrogen-bond donors (Lipinski definition) is 0. The first-order valence-corrected chi connectivity index (χ1v) is 5.61. The van der Waals surface area contributed by atoms with Gasteiger partial charge >= 0.3 is 0 Å². The van der Waals surface area contributed by atoms with Crippen molar-refractivity contribution in [2.45, 2.75) is 12.8 Å². The number of benzene rings is 1. The van der Waals surface area contributed by atoms with Gasteiger partial charge in [-0.2, -0.15) is 0 Å². The molecular weight excluding hydrogens is 194 g/mol. The maximum absolute atomic E-state index is 11.4. The van der Waals surface area contributed by atoms with E-state index in [1.54, 1.807) is 0 Å². The summed E-state index contributed by atoms with van der Waals surface area (Å²) in [5, 5.41) is 1.26. The van der Waals surface area contributed by atoms with Crippen molar-refractivity contribution >= 4 is 32.9 Å². The zero-order valence-corrected chi connectivity index (χ0v) is 9.99. The molecule has 1 heterocycles. The van der Waals surface area contributed by atoms with Gasteiger partial charge < -0.3 is 0 Å². The topological polar surface area (TPSA) is 37.4 Å². The molecular formula is C10H11NO2Si. The third-order valence-electron chi connectivity index (χ3n) is 2.34. The second-order valence-corrected chi connectivity index (χ2v) is 4.61. The van der Waals surface area contributed by atoms with E-state index in [9.17, 15) is 9.59 Å². The summed E-state index contributed by atoms with van der Waals surface area (Å²) in [5.74, 6) is -0.174. The van der Waals surface area contributed by atoms with Crippen molar-refractivity contribution in [3.63, 3.8) is 0 Å². The zero-order chi connectivity index (χ0) is 10.1. The SMILES string of the molecule is O=C1CCC(=O)N1c1ccc([SiH3])cc1. The number of carbonyl (C=O) groups excluding carboxylic acids is 2. The first-order valence-electron chi connectivity index (χ1n) is 4.61. The van der Waals surface area contributed by atoms with E-state index in [1.165, 1.54) is 10.1 Å². The summed E-state index contributed by atoms with van der Waals surface area (Å²) in [6.07, 6.45) is 0.697. The Labute approximate surface area is 85.1 Å². The number of carbonyl (C=O) groups is 2. The number of hydrogen-bond acceptors (Lipinski definition) is 2. The van der Waals surface area contributed by atoms with E-state index >= 15 is 0 Å². The first kappa shape index (κ1) is 9.14. The van der Waals surface area contributed by atoms with E-state index in [-0.39, 0.29) is 11.8 Å². The highest BCUT2D eigenvalue weighted by Crippen LogP contribution is 2.20. The fourth-order valence-corrected chi connectivity index (χ4v) is 1.89. The molecule has 0 radical (unpaired) electrons. The minimum absolute atomic E-state index is 0.0869. The fourth-order valence-electron chi connectivity index (χ4n) is 1.56. The molecule has 0 atom stereocenters. The van der Waals surface area contributed by atoms with Crippen LogP contribution in [0.5, 0.6) is 0 Å². The van der Waals surface area contributed by atoms with Gasteiger partial charge in [0.1, 0.15) is 0 Å². The van der Waals surface area contributed by atoms with Crippen molar-refractivity contribution < 1.29 is 9.59 Å². The van der Waals surface area contributed by atoms with Crippen LogP contribution in [0.3, 0.4) is 0 Å². The molecule has 4 heteroatoms. The van der Waals surface area contributed by atoms with Crippen molar-refractivity contribution in [3.8, 4) is 0 Å². The molecule has 0 unspecified atom stereocenters. The van der Waals surface area contributed by atoms with Crippen LogP contribution in [-0.2, 0) is 9.59 Å². The van der Waals surface area contributed by atoms with Crippen LogP contribution in [0.2, 0.25) is 0 Å². The molecule has 0 N–H and O–H groups in total. The summed E-state index contributed by atoms with van der Waals surface area (Å²) in [6, 6.07) is 7.59. The third-order valence-corrected chi connectivity index (χ3v) is 3.01. The van der Waals surface area contributed by atoms with E-state index in [0.29, 0.717) is 18.5 Å². The van der Waals surface area contributed by atoms with Crippen molar-refractivity contribution in [1.82, 2.24) is 0 Å². The Morgan fingerprint density at radius 3 is 2.00 bits per heavy atom. The number of imide groups is 1. The molecule has 0 saturated carbocycles. The number of anilines is 1. The first-order chi connectivity index (χ1) is 6.68. The summed E-state index contributed by atoms with van der Waals surface area (Å²) >= 11 is 0. The Kier molecular flexibility index (Phi) is 2.21. The molecule has 2 rings (SSSR count). The maximum atomic E-state index is 11.4. The van der Waals surface area contributed by atoms with E-state index in [1.807, 2.05) is 24.3 Å². The lowest BCUT2D eigenvalue weighted by atomic mass is 10.3. The van der Waals surface area contributed by atoms with Gasteiger partial charge in [-0.1, -0.05) is 17.3 Å². The smallest absolute Gasteiger partial charge is 0.234 e. The molecule has 0 spiro atoms. The minimum atomic E-state index is -0.0869. The summed E-state index contributed by atoms with van der Waals surface area (Å²) in [6.45, 7) is 0. The normalized spacial score (nSPS) is 16.7. The van der Waals surface area contributed by atoms with Crippen molar-refractivity contribution in [2.24, 2.45) is 0 Å². The van der Waals surface area contributed by atoms with Gasteiger partial charge in [-0.25, -0.2) is 0 Å². The van der Waals surface area contributed by atoms with Crippen LogP contribution >= 0.6 is 0 Å². The second kappa shape index (κ2) is 3.38. The molecule has 14 heavy (non-hydrogen) atoms. The third kappa shape index (κ3) is 1.48. The molecule has 0 aromatic heterocycles. The highest BCUT2D eigenvalue weighted by Gasteiger charge is 2.29. The quantitative estimate of drug-likeness (QED) is 0.450. The van der Waals surface area contributed by atoms with Crippen molar-refractivity contribution in [2.75, 3.05) is 4.90 Å². The minimum Gasteiger partial charge on any atom is -0.274 e. The van der Waals surface area contributed by atoms with Crippen LogP contribution in [0.4, 0.5) is 5.69 Å². The monoisotopic (exact) mass is 205 g/mol. The van der Waals surface area contributed by atoms with Crippen LogP contribution in [0.1, 0.15) is 12.8 Å². The van der Waals surface area contributed by atoms with Gasteiger partial charge in [-0.15, -0.1) is 0 Å². The molecule has 72 valence electrons. The van der Waals surface area contributed by atoms with Gasteiger partial charge in [0.25, 0.3) is 0 Å². The Bertz CT molecular complexity index is 370. The average molecular weight is 205 g/mol. The molecule has 0 bridgehead atoms. The van der Waals surface area contributed by atoms with Gasteiger partial charge in [0.15, 0.2) is 0 Å². The molecule has 1 aromatic rings. The molecule has 1 aliphatic rings. The lowest BCUT2D eigenvalue weighted by Gasteiger charge is -2.13. The Balaban J connectivity index is 2.34. The molecule has 1 saturated heterocycles.